The highest BCUT2D eigenvalue weighted by atomic mass is 16.5. The summed E-state index contributed by atoms with van der Waals surface area (Å²) in [5.41, 5.74) is 0. The average molecular weight is 99.9 g/mol. The molecule has 0 N–H and O–H groups in total. The van der Waals surface area contributed by atoms with Gasteiger partial charge in [0.2, 0.25) is 0 Å². The number of hydrogen-bond donors (Lipinski definition) is 0. The topological polar surface area (TPSA) is 26.3 Å². The first kappa shape index (κ1) is 6.53. The largest absolute Gasteiger partial charge is 0.470 e. The maximum absolute atomic E-state index is 10.2. The molecule has 0 bridgehead atoms. The molecule has 3 heteroatoms. The van der Waals surface area contributed by atoms with Gasteiger partial charge in [-0.2, -0.15) is 0 Å². The van der Waals surface area contributed by atoms with Crippen molar-refractivity contribution in [2.75, 3.05) is 7.11 Å². The molecule has 0 spiro atoms. The molecule has 40 valence electrons. The highest BCUT2D eigenvalue weighted by Crippen LogP contribution is 1.80. The molecule has 2 nitrogen and oxygen atoms in total. The van der Waals surface area contributed by atoms with E-state index in [1.807, 2.05) is 6.82 Å². The summed E-state index contributed by atoms with van der Waals surface area (Å²) in [5.74, 6) is -0.123. The maximum Gasteiger partial charge on any atom is 0.297 e. The highest BCUT2D eigenvalue weighted by molar-refractivity contribution is 6.39. The Hall–Kier alpha value is -0.465. The molecule has 0 radical (unpaired) electrons. The third-order valence-electron chi connectivity index (χ3n) is 0.682. The van der Waals surface area contributed by atoms with E-state index in [0.717, 1.165) is 7.28 Å². The highest BCUT2D eigenvalue weighted by Gasteiger charge is 1.94. The van der Waals surface area contributed by atoms with Crippen LogP contribution < -0.4 is 0 Å². The molecule has 0 aliphatic carbocycles. The van der Waals surface area contributed by atoms with E-state index in [9.17, 15) is 4.79 Å². The van der Waals surface area contributed by atoms with E-state index in [2.05, 4.69) is 4.74 Å². The van der Waals surface area contributed by atoms with Crippen LogP contribution in [0.1, 0.15) is 0 Å². The Morgan fingerprint density at radius 2 is 2.43 bits per heavy atom. The Labute approximate surface area is 44.1 Å². The summed E-state index contributed by atoms with van der Waals surface area (Å²) in [6, 6.07) is 0. The first-order valence-corrected chi connectivity index (χ1v) is 2.38. The molecule has 0 aromatic rings. The summed E-state index contributed by atoms with van der Waals surface area (Å²) in [6.45, 7) is 1.94. The van der Waals surface area contributed by atoms with Gasteiger partial charge in [0, 0.05) is 6.32 Å². The molecule has 7 heavy (non-hydrogen) atoms. The van der Waals surface area contributed by atoms with Gasteiger partial charge in [-0.25, -0.2) is 0 Å². The molecule has 0 fully saturated rings. The van der Waals surface area contributed by atoms with Gasteiger partial charge in [0.25, 0.3) is 5.97 Å². The molecule has 0 saturated carbocycles. The minimum absolute atomic E-state index is 0.123. The SMILES string of the molecule is CBCC(=O)OC. The second kappa shape index (κ2) is 3.72. The van der Waals surface area contributed by atoms with Crippen LogP contribution in [-0.2, 0) is 9.53 Å². The van der Waals surface area contributed by atoms with Gasteiger partial charge in [0.05, 0.1) is 7.11 Å². The van der Waals surface area contributed by atoms with Gasteiger partial charge in [0.15, 0.2) is 0 Å². The van der Waals surface area contributed by atoms with E-state index in [0.29, 0.717) is 6.32 Å². The smallest absolute Gasteiger partial charge is 0.297 e. The van der Waals surface area contributed by atoms with E-state index < -0.39 is 0 Å². The third-order valence-corrected chi connectivity index (χ3v) is 0.682. The molecule has 0 aromatic carbocycles. The number of methoxy groups -OCH3 is 1. The Kier molecular flexibility index (Phi) is 3.47. The van der Waals surface area contributed by atoms with Crippen molar-refractivity contribution in [1.29, 1.82) is 0 Å². The Morgan fingerprint density at radius 3 is 2.57 bits per heavy atom. The van der Waals surface area contributed by atoms with Gasteiger partial charge in [0.1, 0.15) is 7.28 Å². The van der Waals surface area contributed by atoms with E-state index in [4.69, 9.17) is 0 Å². The fourth-order valence-corrected chi connectivity index (χ4v) is 0.306. The Bertz CT molecular complexity index is 62.7. The standard InChI is InChI=1S/C4H9BO2/c1-5-3-4(6)7-2/h5H,3H2,1-2H3. The molecule has 0 rings (SSSR count). The molecular formula is C4H9BO2. The van der Waals surface area contributed by atoms with Crippen LogP contribution in [0.2, 0.25) is 13.1 Å². The van der Waals surface area contributed by atoms with Crippen LogP contribution in [0.4, 0.5) is 0 Å². The van der Waals surface area contributed by atoms with E-state index >= 15 is 0 Å². The first-order valence-electron chi connectivity index (χ1n) is 2.38. The predicted octanol–water partition coefficient (Wildman–Crippen LogP) is 0.0623. The molecular weight excluding hydrogens is 90.9 g/mol. The molecule has 0 aliphatic heterocycles. The molecule has 0 heterocycles. The normalized spacial score (nSPS) is 7.71. The number of hydrogen-bond acceptors (Lipinski definition) is 2. The van der Waals surface area contributed by atoms with Crippen LogP contribution in [0.3, 0.4) is 0 Å². The zero-order valence-electron chi connectivity index (χ0n) is 4.73. The third kappa shape index (κ3) is 3.36. The van der Waals surface area contributed by atoms with Crippen molar-refractivity contribution in [3.05, 3.63) is 0 Å². The maximum atomic E-state index is 10.2. The summed E-state index contributed by atoms with van der Waals surface area (Å²) >= 11 is 0. The van der Waals surface area contributed by atoms with Crippen LogP contribution in [0.25, 0.3) is 0 Å². The second-order valence-electron chi connectivity index (χ2n) is 1.33. The van der Waals surface area contributed by atoms with Crippen LogP contribution in [0.15, 0.2) is 0 Å². The molecule has 0 amide bonds. The van der Waals surface area contributed by atoms with Crippen molar-refractivity contribution < 1.29 is 9.53 Å². The lowest BCUT2D eigenvalue weighted by Gasteiger charge is -1.90. The second-order valence-corrected chi connectivity index (χ2v) is 1.33. The zero-order chi connectivity index (χ0) is 5.70. The molecule has 0 aliphatic rings. The van der Waals surface area contributed by atoms with E-state index in [-0.39, 0.29) is 5.97 Å². The quantitative estimate of drug-likeness (QED) is 0.362. The Morgan fingerprint density at radius 1 is 1.86 bits per heavy atom. The van der Waals surface area contributed by atoms with Gasteiger partial charge in [-0.1, -0.05) is 6.82 Å². The van der Waals surface area contributed by atoms with Crippen molar-refractivity contribution in [1.82, 2.24) is 0 Å². The Balaban J connectivity index is 3.00. The summed E-state index contributed by atoms with van der Waals surface area (Å²) in [7, 11) is 2.27. The lowest BCUT2D eigenvalue weighted by molar-refractivity contribution is -0.137. The number of carbonyl (C=O) groups excluding carboxylic acids is 1. The summed E-state index contributed by atoms with van der Waals surface area (Å²) < 4.78 is 4.35. The molecule has 0 unspecified atom stereocenters. The molecule has 0 saturated heterocycles. The predicted molar refractivity (Wildman–Crippen MR) is 29.8 cm³/mol. The van der Waals surface area contributed by atoms with Crippen molar-refractivity contribution in [2.24, 2.45) is 0 Å². The summed E-state index contributed by atoms with van der Waals surface area (Å²) in [4.78, 5) is 10.2. The molecule has 0 aromatic heterocycles. The van der Waals surface area contributed by atoms with Gasteiger partial charge in [-0.05, 0) is 0 Å². The van der Waals surface area contributed by atoms with Crippen LogP contribution >= 0.6 is 0 Å². The summed E-state index contributed by atoms with van der Waals surface area (Å²) in [5, 5.41) is 0. The van der Waals surface area contributed by atoms with Gasteiger partial charge in [-0.3, -0.25) is 4.79 Å². The van der Waals surface area contributed by atoms with Crippen molar-refractivity contribution in [3.63, 3.8) is 0 Å². The van der Waals surface area contributed by atoms with Crippen LogP contribution in [0.5, 0.6) is 0 Å². The first-order chi connectivity index (χ1) is 3.31. The van der Waals surface area contributed by atoms with E-state index in [1.165, 1.54) is 7.11 Å². The summed E-state index contributed by atoms with van der Waals surface area (Å²) in [6.07, 6.45) is 0.538. The number of carbonyl (C=O) groups is 1. The number of esters is 1. The van der Waals surface area contributed by atoms with Crippen molar-refractivity contribution in [2.45, 2.75) is 13.1 Å². The van der Waals surface area contributed by atoms with Gasteiger partial charge < -0.3 is 4.74 Å². The van der Waals surface area contributed by atoms with Gasteiger partial charge >= 0.3 is 0 Å². The van der Waals surface area contributed by atoms with Crippen LogP contribution in [-0.4, -0.2) is 20.4 Å². The van der Waals surface area contributed by atoms with Crippen molar-refractivity contribution >= 4 is 13.2 Å². The lowest BCUT2D eigenvalue weighted by Crippen LogP contribution is -2.00. The fourth-order valence-electron chi connectivity index (χ4n) is 0.306. The number of rotatable bonds is 2. The minimum atomic E-state index is -0.123. The van der Waals surface area contributed by atoms with E-state index in [1.54, 1.807) is 0 Å². The lowest BCUT2D eigenvalue weighted by atomic mass is 9.78. The fraction of sp³-hybridized carbons (Fsp3) is 0.750. The average Bonchev–Trinajstić information content (AvgIpc) is 1.68. The van der Waals surface area contributed by atoms with Crippen molar-refractivity contribution in [3.8, 4) is 0 Å². The molecule has 0 atom stereocenters. The minimum Gasteiger partial charge on any atom is -0.470 e. The van der Waals surface area contributed by atoms with Gasteiger partial charge in [-0.15, -0.1) is 0 Å². The zero-order valence-corrected chi connectivity index (χ0v) is 4.73. The van der Waals surface area contributed by atoms with Crippen LogP contribution in [0, 0.1) is 0 Å². The number of ether oxygens (including phenoxy) is 1. The monoisotopic (exact) mass is 100 g/mol.